The maximum atomic E-state index is 12.0. The molecule has 0 spiro atoms. The molecule has 1 saturated carbocycles. The van der Waals surface area contributed by atoms with Crippen molar-refractivity contribution in [3.63, 3.8) is 0 Å². The highest BCUT2D eigenvalue weighted by atomic mass is 32.1. The molecule has 1 atom stereocenters. The van der Waals surface area contributed by atoms with E-state index in [4.69, 9.17) is 10.5 Å². The van der Waals surface area contributed by atoms with E-state index in [1.54, 1.807) is 0 Å². The Morgan fingerprint density at radius 2 is 2.14 bits per heavy atom. The summed E-state index contributed by atoms with van der Waals surface area (Å²) in [5.41, 5.74) is 5.96. The first-order valence-corrected chi connectivity index (χ1v) is 7.51. The Morgan fingerprint density at radius 1 is 1.43 bits per heavy atom. The van der Waals surface area contributed by atoms with Crippen molar-refractivity contribution in [2.24, 2.45) is 11.7 Å². The van der Waals surface area contributed by atoms with Gasteiger partial charge < -0.3 is 10.5 Å². The summed E-state index contributed by atoms with van der Waals surface area (Å²) >= 11 is 1.14. The van der Waals surface area contributed by atoms with E-state index in [1.807, 2.05) is 0 Å². The number of aromatic nitrogens is 1. The molecule has 2 N–H and O–H groups in total. The van der Waals surface area contributed by atoms with Gasteiger partial charge >= 0.3 is 5.97 Å². The van der Waals surface area contributed by atoms with Crippen molar-refractivity contribution in [3.05, 3.63) is 10.6 Å². The van der Waals surface area contributed by atoms with E-state index in [2.05, 4.69) is 4.98 Å². The Hall–Kier alpha value is -1.96. The Kier molecular flexibility index (Phi) is 3.40. The lowest BCUT2D eigenvalue weighted by Gasteiger charge is -2.11. The summed E-state index contributed by atoms with van der Waals surface area (Å²) in [6.45, 7) is 0.229. The number of carbonyl (C=O) groups is 3. The number of nitrogens with two attached hydrogens (primary N) is 1. The van der Waals surface area contributed by atoms with Gasteiger partial charge in [0.05, 0.1) is 18.7 Å². The lowest BCUT2D eigenvalue weighted by Crippen LogP contribution is -2.28. The minimum Gasteiger partial charge on any atom is -0.465 e. The molecule has 1 aliphatic carbocycles. The van der Waals surface area contributed by atoms with Gasteiger partial charge in [0.25, 0.3) is 0 Å². The summed E-state index contributed by atoms with van der Waals surface area (Å²) in [4.78, 5) is 41.4. The van der Waals surface area contributed by atoms with E-state index in [0.717, 1.165) is 24.2 Å². The van der Waals surface area contributed by atoms with Crippen molar-refractivity contribution in [3.8, 4) is 0 Å². The fraction of sp³-hybridized carbons (Fsp3) is 0.538. The zero-order valence-corrected chi connectivity index (χ0v) is 12.3. The monoisotopic (exact) mass is 309 g/mol. The van der Waals surface area contributed by atoms with Crippen LogP contribution in [0.3, 0.4) is 0 Å². The second kappa shape index (κ2) is 5.10. The van der Waals surface area contributed by atoms with Crippen LogP contribution < -0.4 is 10.6 Å². The van der Waals surface area contributed by atoms with Crippen LogP contribution in [-0.4, -0.2) is 36.4 Å². The third-order valence-electron chi connectivity index (χ3n) is 3.74. The number of carbonyl (C=O) groups excluding carboxylic acids is 3. The van der Waals surface area contributed by atoms with Gasteiger partial charge in [-0.15, -0.1) is 0 Å². The zero-order chi connectivity index (χ0) is 15.1. The van der Waals surface area contributed by atoms with E-state index in [9.17, 15) is 14.4 Å². The second-order valence-electron chi connectivity index (χ2n) is 5.28. The molecule has 1 saturated heterocycles. The van der Waals surface area contributed by atoms with Crippen LogP contribution in [0.1, 0.15) is 40.5 Å². The summed E-state index contributed by atoms with van der Waals surface area (Å²) in [5, 5.41) is 0.450. The molecule has 2 heterocycles. The molecular formula is C13H15N3O4S. The Balaban J connectivity index is 1.91. The first-order valence-electron chi connectivity index (χ1n) is 6.70. The molecule has 0 bridgehead atoms. The highest BCUT2D eigenvalue weighted by molar-refractivity contribution is 7.17. The highest BCUT2D eigenvalue weighted by Gasteiger charge is 2.38. The molecule has 3 rings (SSSR count). The third-order valence-corrected chi connectivity index (χ3v) is 4.81. The molecule has 1 aromatic rings. The van der Waals surface area contributed by atoms with Crippen LogP contribution in [-0.2, 0) is 14.3 Å². The molecule has 7 nitrogen and oxygen atoms in total. The van der Waals surface area contributed by atoms with Gasteiger partial charge in [-0.3, -0.25) is 14.5 Å². The molecule has 0 aromatic carbocycles. The largest absolute Gasteiger partial charge is 0.465 e. The normalized spacial score (nSPS) is 21.7. The summed E-state index contributed by atoms with van der Waals surface area (Å²) in [5.74, 6) is -1.33. The quantitative estimate of drug-likeness (QED) is 0.822. The molecule has 1 aliphatic heterocycles. The van der Waals surface area contributed by atoms with E-state index in [1.165, 1.54) is 12.0 Å². The first kappa shape index (κ1) is 14.0. The Bertz CT molecular complexity index is 623. The van der Waals surface area contributed by atoms with Gasteiger partial charge in [0.15, 0.2) is 5.13 Å². The van der Waals surface area contributed by atoms with E-state index < -0.39 is 17.8 Å². The van der Waals surface area contributed by atoms with Gasteiger partial charge in [-0.2, -0.15) is 0 Å². The smallest absolute Gasteiger partial charge is 0.350 e. The predicted molar refractivity (Wildman–Crippen MR) is 75.1 cm³/mol. The second-order valence-corrected chi connectivity index (χ2v) is 6.26. The maximum absolute atomic E-state index is 12.0. The van der Waals surface area contributed by atoms with E-state index in [-0.39, 0.29) is 24.8 Å². The highest BCUT2D eigenvalue weighted by Crippen LogP contribution is 2.44. The molecule has 8 heteroatoms. The van der Waals surface area contributed by atoms with Crippen molar-refractivity contribution in [1.82, 2.24) is 4.98 Å². The number of amides is 2. The van der Waals surface area contributed by atoms with Crippen LogP contribution in [0.25, 0.3) is 0 Å². The molecule has 112 valence electrons. The Morgan fingerprint density at radius 3 is 2.67 bits per heavy atom. The topological polar surface area (TPSA) is 103 Å². The van der Waals surface area contributed by atoms with Crippen LogP contribution in [0.4, 0.5) is 5.13 Å². The van der Waals surface area contributed by atoms with Crippen LogP contribution in [0, 0.1) is 5.92 Å². The predicted octanol–water partition coefficient (Wildman–Crippen LogP) is 0.645. The lowest BCUT2D eigenvalue weighted by atomic mass is 10.1. The number of hydrogen-bond donors (Lipinski definition) is 1. The number of rotatable bonds is 4. The maximum Gasteiger partial charge on any atom is 0.350 e. The molecule has 2 fully saturated rings. The van der Waals surface area contributed by atoms with Crippen molar-refractivity contribution in [2.75, 3.05) is 18.6 Å². The van der Waals surface area contributed by atoms with Gasteiger partial charge in [0.1, 0.15) is 4.88 Å². The average molecular weight is 309 g/mol. The van der Waals surface area contributed by atoms with Crippen molar-refractivity contribution >= 4 is 34.3 Å². The lowest BCUT2D eigenvalue weighted by molar-refractivity contribution is -0.123. The summed E-state index contributed by atoms with van der Waals surface area (Å²) in [6, 6.07) is 0. The number of hydrogen-bond acceptors (Lipinski definition) is 6. The number of esters is 1. The first-order chi connectivity index (χ1) is 10.0. The fourth-order valence-electron chi connectivity index (χ4n) is 2.39. The SMILES string of the molecule is COC(=O)c1sc(N2CC(C(N)=O)CC2=O)nc1C1CC1. The van der Waals surface area contributed by atoms with Crippen LogP contribution >= 0.6 is 11.3 Å². The molecule has 0 radical (unpaired) electrons. The molecule has 1 aromatic heterocycles. The number of anilines is 1. The van der Waals surface area contributed by atoms with Gasteiger partial charge in [0, 0.05) is 18.9 Å². The van der Waals surface area contributed by atoms with Gasteiger partial charge in [-0.25, -0.2) is 9.78 Å². The Labute approximate surface area is 125 Å². The molecule has 1 unspecified atom stereocenters. The van der Waals surface area contributed by atoms with Gasteiger partial charge in [-0.05, 0) is 12.8 Å². The molecular weight excluding hydrogens is 294 g/mol. The summed E-state index contributed by atoms with van der Waals surface area (Å²) in [7, 11) is 1.32. The summed E-state index contributed by atoms with van der Waals surface area (Å²) < 4.78 is 4.77. The van der Waals surface area contributed by atoms with Crippen molar-refractivity contribution in [1.29, 1.82) is 0 Å². The average Bonchev–Trinajstić information content (AvgIpc) is 3.08. The molecule has 21 heavy (non-hydrogen) atoms. The fourth-order valence-corrected chi connectivity index (χ4v) is 3.49. The molecule has 2 aliphatic rings. The van der Waals surface area contributed by atoms with Crippen molar-refractivity contribution in [2.45, 2.75) is 25.2 Å². The number of nitrogens with zero attached hydrogens (tertiary/aromatic N) is 2. The van der Waals surface area contributed by atoms with Gasteiger partial charge in [-0.1, -0.05) is 11.3 Å². The van der Waals surface area contributed by atoms with E-state index >= 15 is 0 Å². The standard InChI is InChI=1S/C13H15N3O4S/c1-20-12(19)10-9(6-2-3-6)15-13(21-10)16-5-7(11(14)18)4-8(16)17/h6-7H,2-5H2,1H3,(H2,14,18). The van der Waals surface area contributed by atoms with Gasteiger partial charge in [0.2, 0.25) is 11.8 Å². The number of primary amides is 1. The van der Waals surface area contributed by atoms with Crippen LogP contribution in [0.15, 0.2) is 0 Å². The van der Waals surface area contributed by atoms with Crippen LogP contribution in [0.5, 0.6) is 0 Å². The minimum absolute atomic E-state index is 0.0984. The summed E-state index contributed by atoms with van der Waals surface area (Å²) in [6.07, 6.45) is 2.08. The third kappa shape index (κ3) is 2.51. The number of thiazole rings is 1. The molecule has 2 amide bonds. The zero-order valence-electron chi connectivity index (χ0n) is 11.5. The number of ether oxygens (including phenoxy) is 1. The van der Waals surface area contributed by atoms with Crippen LogP contribution in [0.2, 0.25) is 0 Å². The number of methoxy groups -OCH3 is 1. The van der Waals surface area contributed by atoms with E-state index in [0.29, 0.717) is 15.7 Å². The van der Waals surface area contributed by atoms with Crippen molar-refractivity contribution < 1.29 is 19.1 Å². The minimum atomic E-state index is -0.493.